The van der Waals surface area contributed by atoms with Gasteiger partial charge in [-0.25, -0.2) is 0 Å². The summed E-state index contributed by atoms with van der Waals surface area (Å²) < 4.78 is 11.1. The molecule has 1 amide bonds. The van der Waals surface area contributed by atoms with Gasteiger partial charge in [0.25, 0.3) is 0 Å². The van der Waals surface area contributed by atoms with Crippen molar-refractivity contribution in [2.75, 3.05) is 13.2 Å². The first-order chi connectivity index (χ1) is 11.1. The number of carbonyl (C=O) groups excluding carboxylic acids is 1. The van der Waals surface area contributed by atoms with E-state index in [1.165, 1.54) is 0 Å². The zero-order valence-corrected chi connectivity index (χ0v) is 13.6. The lowest BCUT2D eigenvalue weighted by atomic mass is 10.1. The number of hydrogen-bond donors (Lipinski definition) is 1. The number of benzene rings is 2. The number of ether oxygens (including phenoxy) is 2. The van der Waals surface area contributed by atoms with E-state index in [9.17, 15) is 4.79 Å². The number of rotatable bonds is 4. The molecule has 23 heavy (non-hydrogen) atoms. The summed E-state index contributed by atoms with van der Waals surface area (Å²) in [6, 6.07) is 12.9. The Hall–Kier alpha value is -2.20. The molecule has 2 aromatic carbocycles. The molecule has 0 aromatic heterocycles. The van der Waals surface area contributed by atoms with Crippen LogP contribution in [0.1, 0.15) is 24.1 Å². The van der Waals surface area contributed by atoms with Crippen LogP contribution >= 0.6 is 11.6 Å². The first-order valence-corrected chi connectivity index (χ1v) is 7.93. The summed E-state index contributed by atoms with van der Waals surface area (Å²) in [5.74, 6) is 1.43. The smallest absolute Gasteiger partial charge is 0.224 e. The van der Waals surface area contributed by atoms with E-state index < -0.39 is 0 Å². The minimum atomic E-state index is -0.113. The molecule has 120 valence electrons. The summed E-state index contributed by atoms with van der Waals surface area (Å²) >= 11 is 5.94. The monoisotopic (exact) mass is 331 g/mol. The number of fused-ring (bicyclic) bond motifs is 1. The van der Waals surface area contributed by atoms with E-state index in [1.807, 2.05) is 37.3 Å². The molecule has 0 bridgehead atoms. The third-order valence-corrected chi connectivity index (χ3v) is 3.93. The van der Waals surface area contributed by atoms with Crippen molar-refractivity contribution in [2.24, 2.45) is 0 Å². The molecular formula is C18H18ClNO3. The summed E-state index contributed by atoms with van der Waals surface area (Å²) in [6.45, 7) is 3.06. The molecule has 0 unspecified atom stereocenters. The molecule has 1 aliphatic heterocycles. The average molecular weight is 332 g/mol. The topological polar surface area (TPSA) is 47.6 Å². The third-order valence-electron chi connectivity index (χ3n) is 3.70. The van der Waals surface area contributed by atoms with Gasteiger partial charge in [-0.15, -0.1) is 0 Å². The van der Waals surface area contributed by atoms with Crippen LogP contribution in [0.4, 0.5) is 0 Å². The van der Waals surface area contributed by atoms with E-state index in [4.69, 9.17) is 21.1 Å². The zero-order chi connectivity index (χ0) is 16.2. The minimum absolute atomic E-state index is 0.0466. The lowest BCUT2D eigenvalue weighted by molar-refractivity contribution is -0.121. The third kappa shape index (κ3) is 3.96. The largest absolute Gasteiger partial charge is 0.486 e. The summed E-state index contributed by atoms with van der Waals surface area (Å²) in [7, 11) is 0. The fraction of sp³-hybridized carbons (Fsp3) is 0.278. The number of carbonyl (C=O) groups is 1. The molecule has 0 fully saturated rings. The lowest BCUT2D eigenvalue weighted by Gasteiger charge is -2.21. The maximum atomic E-state index is 12.2. The van der Waals surface area contributed by atoms with Crippen molar-refractivity contribution in [3.8, 4) is 11.5 Å². The van der Waals surface area contributed by atoms with Crippen molar-refractivity contribution >= 4 is 17.5 Å². The van der Waals surface area contributed by atoms with Crippen LogP contribution in [0.25, 0.3) is 0 Å². The summed E-state index contributed by atoms with van der Waals surface area (Å²) in [6.07, 6.45) is 0.301. The Morgan fingerprint density at radius 2 is 1.96 bits per heavy atom. The van der Waals surface area contributed by atoms with Crippen LogP contribution in [-0.4, -0.2) is 19.1 Å². The lowest BCUT2D eigenvalue weighted by Crippen LogP contribution is -2.28. The molecule has 0 spiro atoms. The Morgan fingerprint density at radius 3 is 2.74 bits per heavy atom. The van der Waals surface area contributed by atoms with Gasteiger partial charge in [0.1, 0.15) is 13.2 Å². The second kappa shape index (κ2) is 6.92. The van der Waals surface area contributed by atoms with Crippen LogP contribution in [0.3, 0.4) is 0 Å². The fourth-order valence-electron chi connectivity index (χ4n) is 2.54. The Kier molecular flexibility index (Phi) is 4.72. The molecule has 1 heterocycles. The van der Waals surface area contributed by atoms with Gasteiger partial charge in [0, 0.05) is 5.02 Å². The van der Waals surface area contributed by atoms with Crippen LogP contribution in [0, 0.1) is 0 Å². The van der Waals surface area contributed by atoms with Gasteiger partial charge < -0.3 is 14.8 Å². The first-order valence-electron chi connectivity index (χ1n) is 7.55. The molecule has 3 rings (SSSR count). The molecule has 1 aliphatic rings. The number of hydrogen-bond acceptors (Lipinski definition) is 3. The van der Waals surface area contributed by atoms with Gasteiger partial charge in [0.15, 0.2) is 11.5 Å². The standard InChI is InChI=1S/C18H18ClNO3/c1-12(14-5-6-16-17(11-14)23-8-7-22-16)20-18(21)10-13-3-2-4-15(19)9-13/h2-6,9,11-12H,7-8,10H2,1H3,(H,20,21)/t12-/m0/s1. The highest BCUT2D eigenvalue weighted by Gasteiger charge is 2.16. The van der Waals surface area contributed by atoms with Crippen LogP contribution in [0.2, 0.25) is 5.02 Å². The first kappa shape index (κ1) is 15.7. The Balaban J connectivity index is 1.64. The average Bonchev–Trinajstić information content (AvgIpc) is 2.54. The maximum absolute atomic E-state index is 12.2. The van der Waals surface area contributed by atoms with E-state index in [-0.39, 0.29) is 11.9 Å². The van der Waals surface area contributed by atoms with Gasteiger partial charge in [-0.05, 0) is 42.3 Å². The molecular weight excluding hydrogens is 314 g/mol. The highest BCUT2D eigenvalue weighted by atomic mass is 35.5. The van der Waals surface area contributed by atoms with Crippen LogP contribution in [-0.2, 0) is 11.2 Å². The van der Waals surface area contributed by atoms with Gasteiger partial charge >= 0.3 is 0 Å². The summed E-state index contributed by atoms with van der Waals surface area (Å²) in [5, 5.41) is 3.63. The Labute approximate surface area is 140 Å². The van der Waals surface area contributed by atoms with Crippen molar-refractivity contribution in [2.45, 2.75) is 19.4 Å². The molecule has 0 radical (unpaired) electrons. The van der Waals surface area contributed by atoms with Crippen molar-refractivity contribution < 1.29 is 14.3 Å². The van der Waals surface area contributed by atoms with Crippen molar-refractivity contribution in [3.05, 3.63) is 58.6 Å². The fourth-order valence-corrected chi connectivity index (χ4v) is 2.75. The highest BCUT2D eigenvalue weighted by Crippen LogP contribution is 2.32. The maximum Gasteiger partial charge on any atom is 0.224 e. The minimum Gasteiger partial charge on any atom is -0.486 e. The normalized spacial score (nSPS) is 14.2. The number of nitrogens with one attached hydrogen (secondary N) is 1. The second-order valence-corrected chi connectivity index (χ2v) is 5.94. The molecule has 2 aromatic rings. The quantitative estimate of drug-likeness (QED) is 0.932. The SMILES string of the molecule is C[C@H](NC(=O)Cc1cccc(Cl)c1)c1ccc2c(c1)OCCO2. The van der Waals surface area contributed by atoms with Crippen LogP contribution in [0.5, 0.6) is 11.5 Å². The Morgan fingerprint density at radius 1 is 1.17 bits per heavy atom. The Bertz CT molecular complexity index is 717. The van der Waals surface area contributed by atoms with Gasteiger partial charge in [-0.2, -0.15) is 0 Å². The predicted octanol–water partition coefficient (Wildman–Crippen LogP) is 3.53. The molecule has 0 saturated heterocycles. The molecule has 0 saturated carbocycles. The van der Waals surface area contributed by atoms with Crippen molar-refractivity contribution in [3.63, 3.8) is 0 Å². The van der Waals surface area contributed by atoms with Gasteiger partial charge in [-0.1, -0.05) is 29.8 Å². The number of halogens is 1. The van der Waals surface area contributed by atoms with Crippen molar-refractivity contribution in [1.82, 2.24) is 5.32 Å². The van der Waals surface area contributed by atoms with E-state index in [0.29, 0.717) is 24.7 Å². The van der Waals surface area contributed by atoms with E-state index >= 15 is 0 Å². The van der Waals surface area contributed by atoms with Crippen LogP contribution < -0.4 is 14.8 Å². The van der Waals surface area contributed by atoms with Crippen molar-refractivity contribution in [1.29, 1.82) is 0 Å². The van der Waals surface area contributed by atoms with E-state index in [0.717, 1.165) is 22.6 Å². The molecule has 1 atom stereocenters. The second-order valence-electron chi connectivity index (χ2n) is 5.50. The highest BCUT2D eigenvalue weighted by molar-refractivity contribution is 6.30. The zero-order valence-electron chi connectivity index (χ0n) is 12.8. The molecule has 1 N–H and O–H groups in total. The predicted molar refractivity (Wildman–Crippen MR) is 89.1 cm³/mol. The van der Waals surface area contributed by atoms with Gasteiger partial charge in [0.05, 0.1) is 12.5 Å². The molecule has 4 nitrogen and oxygen atoms in total. The van der Waals surface area contributed by atoms with Crippen LogP contribution in [0.15, 0.2) is 42.5 Å². The summed E-state index contributed by atoms with van der Waals surface area (Å²) in [4.78, 5) is 12.2. The van der Waals surface area contributed by atoms with E-state index in [2.05, 4.69) is 5.32 Å². The number of amides is 1. The molecule has 0 aliphatic carbocycles. The summed E-state index contributed by atoms with van der Waals surface area (Å²) in [5.41, 5.74) is 1.87. The molecule has 5 heteroatoms. The van der Waals surface area contributed by atoms with Gasteiger partial charge in [-0.3, -0.25) is 4.79 Å². The van der Waals surface area contributed by atoms with Gasteiger partial charge in [0.2, 0.25) is 5.91 Å². The van der Waals surface area contributed by atoms with E-state index in [1.54, 1.807) is 12.1 Å².